The van der Waals surface area contributed by atoms with Gasteiger partial charge in [0.25, 0.3) is 5.56 Å². The molecule has 0 bridgehead atoms. The molecule has 4 aromatic rings. The number of benzene rings is 3. The van der Waals surface area contributed by atoms with E-state index in [0.29, 0.717) is 6.42 Å². The molecule has 1 fully saturated rings. The van der Waals surface area contributed by atoms with Crippen LogP contribution in [-0.4, -0.2) is 76.7 Å². The molecule has 49 heavy (non-hydrogen) atoms. The number of nitrogens with one attached hydrogen (secondary N) is 2. The van der Waals surface area contributed by atoms with Gasteiger partial charge in [-0.05, 0) is 55.0 Å². The van der Waals surface area contributed by atoms with Crippen LogP contribution in [0, 0.1) is 4.77 Å². The van der Waals surface area contributed by atoms with Crippen LogP contribution in [-0.2, 0) is 28.5 Å². The first kappa shape index (κ1) is 34.7. The molecule has 1 aliphatic rings. The van der Waals surface area contributed by atoms with Gasteiger partial charge in [-0.15, -0.1) is 5.10 Å². The molecule has 15 heteroatoms. The van der Waals surface area contributed by atoms with E-state index in [-0.39, 0.29) is 40.4 Å². The molecule has 0 unspecified atom stereocenters. The van der Waals surface area contributed by atoms with Gasteiger partial charge in [0.15, 0.2) is 23.2 Å². The number of ether oxygens (including phenoxy) is 5. The van der Waals surface area contributed by atoms with Crippen LogP contribution in [0.1, 0.15) is 50.6 Å². The zero-order valence-corrected chi connectivity index (χ0v) is 27.0. The predicted molar refractivity (Wildman–Crippen MR) is 175 cm³/mol. The highest BCUT2D eigenvalue weighted by molar-refractivity contribution is 7.71. The van der Waals surface area contributed by atoms with Crippen molar-refractivity contribution in [2.45, 2.75) is 37.9 Å². The van der Waals surface area contributed by atoms with Crippen LogP contribution in [0.25, 0.3) is 0 Å². The van der Waals surface area contributed by atoms with Crippen LogP contribution in [0.5, 0.6) is 0 Å². The molecule has 0 saturated carbocycles. The smallest absolute Gasteiger partial charge is 0.338 e. The summed E-state index contributed by atoms with van der Waals surface area (Å²) in [4.78, 5) is 67.0. The number of esters is 4. The summed E-state index contributed by atoms with van der Waals surface area (Å²) in [7, 11) is 0. The number of aromatic nitrogens is 3. The molecule has 0 amide bonds. The summed E-state index contributed by atoms with van der Waals surface area (Å²) in [6.45, 7) is 1.20. The SMILES string of the molecule is CCCOC(=O)CNc1nn([C@H]2O[C@@H](COC(=O)c3ccccc3)[C@@H](OC(=O)c3ccccc3)[C@H]2OC(=O)c2ccccc2)c(=S)[nH]c1=O. The van der Waals surface area contributed by atoms with E-state index in [1.807, 2.05) is 6.92 Å². The van der Waals surface area contributed by atoms with E-state index in [4.69, 9.17) is 35.9 Å². The lowest BCUT2D eigenvalue weighted by molar-refractivity contribution is -0.141. The van der Waals surface area contributed by atoms with Crippen molar-refractivity contribution in [3.8, 4) is 0 Å². The first-order valence-electron chi connectivity index (χ1n) is 15.3. The Balaban J connectivity index is 1.51. The Kier molecular flexibility index (Phi) is 11.6. The third kappa shape index (κ3) is 8.82. The molecule has 4 atom stereocenters. The highest BCUT2D eigenvalue weighted by atomic mass is 32.1. The Bertz CT molecular complexity index is 1890. The van der Waals surface area contributed by atoms with Gasteiger partial charge >= 0.3 is 23.9 Å². The minimum absolute atomic E-state index is 0.180. The summed E-state index contributed by atoms with van der Waals surface area (Å²) in [6.07, 6.45) is -4.83. The Morgan fingerprint density at radius 2 is 1.35 bits per heavy atom. The number of hydrogen-bond acceptors (Lipinski definition) is 13. The number of H-pyrrole nitrogens is 1. The second-order valence-electron chi connectivity index (χ2n) is 10.6. The molecule has 254 valence electrons. The summed E-state index contributed by atoms with van der Waals surface area (Å²) in [5.74, 6) is -3.21. The maximum absolute atomic E-state index is 13.4. The number of aromatic amines is 1. The lowest BCUT2D eigenvalue weighted by Gasteiger charge is -2.25. The Morgan fingerprint density at radius 1 is 0.816 bits per heavy atom. The molecular weight excluding hydrogens is 656 g/mol. The van der Waals surface area contributed by atoms with Crippen molar-refractivity contribution in [2.24, 2.45) is 0 Å². The molecule has 14 nitrogen and oxygen atoms in total. The molecular formula is C34H32N4O10S. The monoisotopic (exact) mass is 688 g/mol. The number of carbonyl (C=O) groups is 4. The first-order valence-corrected chi connectivity index (χ1v) is 15.7. The molecule has 2 heterocycles. The summed E-state index contributed by atoms with van der Waals surface area (Å²) in [6, 6.07) is 24.3. The maximum atomic E-state index is 13.4. The minimum Gasteiger partial charge on any atom is -0.464 e. The third-order valence-corrected chi connectivity index (χ3v) is 7.43. The van der Waals surface area contributed by atoms with Gasteiger partial charge in [0.05, 0.1) is 23.3 Å². The molecule has 5 rings (SSSR count). The van der Waals surface area contributed by atoms with Crippen LogP contribution < -0.4 is 10.9 Å². The topological polar surface area (TPSA) is 177 Å². The third-order valence-electron chi connectivity index (χ3n) is 7.14. The van der Waals surface area contributed by atoms with Gasteiger partial charge in [0, 0.05) is 0 Å². The fourth-order valence-corrected chi connectivity index (χ4v) is 5.01. The van der Waals surface area contributed by atoms with E-state index in [9.17, 15) is 24.0 Å². The largest absolute Gasteiger partial charge is 0.464 e. The normalized spacial score (nSPS) is 18.2. The molecule has 1 aromatic heterocycles. The van der Waals surface area contributed by atoms with E-state index < -0.39 is 60.6 Å². The second-order valence-corrected chi connectivity index (χ2v) is 11.0. The van der Waals surface area contributed by atoms with Crippen molar-refractivity contribution in [1.82, 2.24) is 14.8 Å². The maximum Gasteiger partial charge on any atom is 0.338 e. The van der Waals surface area contributed by atoms with Crippen molar-refractivity contribution in [1.29, 1.82) is 0 Å². The van der Waals surface area contributed by atoms with Crippen LogP contribution in [0.15, 0.2) is 95.8 Å². The quantitative estimate of drug-likeness (QED) is 0.118. The van der Waals surface area contributed by atoms with E-state index in [1.54, 1.807) is 66.7 Å². The summed E-state index contributed by atoms with van der Waals surface area (Å²) in [5, 5.41) is 6.88. The minimum atomic E-state index is -1.44. The molecule has 1 aliphatic heterocycles. The average molecular weight is 689 g/mol. The second kappa shape index (κ2) is 16.4. The van der Waals surface area contributed by atoms with Gasteiger partial charge in [-0.25, -0.2) is 19.1 Å². The van der Waals surface area contributed by atoms with Crippen LogP contribution in [0.3, 0.4) is 0 Å². The molecule has 0 radical (unpaired) electrons. The van der Waals surface area contributed by atoms with Gasteiger partial charge in [0.1, 0.15) is 19.3 Å². The summed E-state index contributed by atoms with van der Waals surface area (Å²) >= 11 is 5.41. The van der Waals surface area contributed by atoms with Crippen molar-refractivity contribution in [3.63, 3.8) is 0 Å². The summed E-state index contributed by atoms with van der Waals surface area (Å²) < 4.78 is 29.5. The van der Waals surface area contributed by atoms with E-state index in [2.05, 4.69) is 15.4 Å². The first-order chi connectivity index (χ1) is 23.7. The Morgan fingerprint density at radius 3 is 1.90 bits per heavy atom. The lowest BCUT2D eigenvalue weighted by Crippen LogP contribution is -2.42. The zero-order chi connectivity index (χ0) is 34.8. The number of carbonyl (C=O) groups excluding carboxylic acids is 4. The molecule has 1 saturated heterocycles. The van der Waals surface area contributed by atoms with Crippen LogP contribution >= 0.6 is 12.2 Å². The van der Waals surface area contributed by atoms with Crippen molar-refractivity contribution < 1.29 is 42.9 Å². The van der Waals surface area contributed by atoms with Crippen molar-refractivity contribution in [2.75, 3.05) is 25.1 Å². The molecule has 0 aliphatic carbocycles. The highest BCUT2D eigenvalue weighted by Gasteiger charge is 2.52. The highest BCUT2D eigenvalue weighted by Crippen LogP contribution is 2.35. The van der Waals surface area contributed by atoms with E-state index >= 15 is 0 Å². The number of rotatable bonds is 13. The van der Waals surface area contributed by atoms with Crippen LogP contribution in [0.2, 0.25) is 0 Å². The van der Waals surface area contributed by atoms with Gasteiger partial charge in [-0.1, -0.05) is 61.5 Å². The number of hydrogen-bond donors (Lipinski definition) is 2. The lowest BCUT2D eigenvalue weighted by atomic mass is 10.1. The van der Waals surface area contributed by atoms with Crippen molar-refractivity contribution >= 4 is 41.9 Å². The molecule has 2 N–H and O–H groups in total. The van der Waals surface area contributed by atoms with E-state index in [0.717, 1.165) is 4.68 Å². The van der Waals surface area contributed by atoms with Gasteiger partial charge in [-0.2, -0.15) is 0 Å². The van der Waals surface area contributed by atoms with Crippen molar-refractivity contribution in [3.05, 3.63) is 123 Å². The predicted octanol–water partition coefficient (Wildman–Crippen LogP) is 3.87. The summed E-state index contributed by atoms with van der Waals surface area (Å²) in [5.41, 5.74) is -0.112. The molecule has 0 spiro atoms. The fraction of sp³-hybridized carbons (Fsp3) is 0.265. The Hall–Kier alpha value is -5.67. The number of nitrogens with zero attached hydrogens (tertiary/aromatic N) is 2. The standard InChI is InChI=1S/C34H32N4O10S/c1-2-18-44-25(39)19-35-28-29(40)36-34(49)38(37-28)30-27(48-33(43)23-16-10-5-11-17-23)26(47-32(42)22-14-8-4-9-15-22)24(46-30)20-45-31(41)21-12-6-3-7-13-21/h3-17,24,26-27,30H,2,18-20H2,1H3,(H,35,37)(H,36,40,49)/t24-,26+,27+,30-/m0/s1. The van der Waals surface area contributed by atoms with Gasteiger partial charge in [0.2, 0.25) is 5.82 Å². The van der Waals surface area contributed by atoms with E-state index in [1.165, 1.54) is 24.3 Å². The molecule has 3 aromatic carbocycles. The average Bonchev–Trinajstić information content (AvgIpc) is 3.45. The fourth-order valence-electron chi connectivity index (χ4n) is 4.78. The zero-order valence-electron chi connectivity index (χ0n) is 26.2. The van der Waals surface area contributed by atoms with Gasteiger partial charge < -0.3 is 29.0 Å². The van der Waals surface area contributed by atoms with Gasteiger partial charge in [-0.3, -0.25) is 14.6 Å². The van der Waals surface area contributed by atoms with Crippen LogP contribution in [0.4, 0.5) is 5.82 Å². The number of anilines is 1. The Labute approximate surface area is 284 Å².